The molecule has 8 heteroatoms. The lowest BCUT2D eigenvalue weighted by molar-refractivity contribution is -0.120. The molecule has 0 spiro atoms. The van der Waals surface area contributed by atoms with Crippen LogP contribution in [-0.2, 0) is 14.8 Å². The van der Waals surface area contributed by atoms with Crippen molar-refractivity contribution in [1.29, 1.82) is 5.26 Å². The van der Waals surface area contributed by atoms with Gasteiger partial charge in [0, 0.05) is 23.2 Å². The van der Waals surface area contributed by atoms with Crippen molar-refractivity contribution >= 4 is 37.5 Å². The summed E-state index contributed by atoms with van der Waals surface area (Å²) in [6, 6.07) is 15.1. The molecule has 1 fully saturated rings. The lowest BCUT2D eigenvalue weighted by Gasteiger charge is -2.31. The van der Waals surface area contributed by atoms with Gasteiger partial charge in [0.2, 0.25) is 15.9 Å². The smallest absolute Gasteiger partial charge is 0.243 e. The Labute approximate surface area is 167 Å². The van der Waals surface area contributed by atoms with E-state index in [9.17, 15) is 13.2 Å². The molecule has 1 amide bonds. The van der Waals surface area contributed by atoms with E-state index >= 15 is 0 Å². The van der Waals surface area contributed by atoms with Crippen molar-refractivity contribution in [1.82, 2.24) is 4.31 Å². The molecule has 1 N–H and O–H groups in total. The van der Waals surface area contributed by atoms with Crippen LogP contribution < -0.4 is 5.32 Å². The molecule has 3 rings (SSSR count). The average molecular weight is 448 g/mol. The van der Waals surface area contributed by atoms with E-state index in [1.165, 1.54) is 4.31 Å². The number of carbonyl (C=O) groups is 1. The molecule has 2 aromatic carbocycles. The molecule has 1 unspecified atom stereocenters. The molecule has 1 saturated heterocycles. The number of hydrogen-bond acceptors (Lipinski definition) is 4. The number of anilines is 1. The first kappa shape index (κ1) is 19.5. The Balaban J connectivity index is 1.72. The first-order valence-corrected chi connectivity index (χ1v) is 10.7. The molecule has 2 aromatic rings. The molecule has 0 radical (unpaired) electrons. The number of sulfonamides is 1. The number of halogens is 1. The highest BCUT2D eigenvalue weighted by atomic mass is 79.9. The van der Waals surface area contributed by atoms with Crippen LogP contribution in [0.15, 0.2) is 57.9 Å². The largest absolute Gasteiger partial charge is 0.326 e. The first-order valence-electron chi connectivity index (χ1n) is 8.47. The predicted octanol–water partition coefficient (Wildman–Crippen LogP) is 3.36. The van der Waals surface area contributed by atoms with Crippen LogP contribution in [0.1, 0.15) is 18.4 Å². The van der Waals surface area contributed by atoms with Gasteiger partial charge in [0.1, 0.15) is 0 Å². The zero-order valence-electron chi connectivity index (χ0n) is 14.4. The topological polar surface area (TPSA) is 90.3 Å². The highest BCUT2D eigenvalue weighted by Crippen LogP contribution is 2.25. The Kier molecular flexibility index (Phi) is 5.95. The minimum atomic E-state index is -3.64. The van der Waals surface area contributed by atoms with Gasteiger partial charge in [-0.1, -0.05) is 22.0 Å². The van der Waals surface area contributed by atoms with E-state index in [1.54, 1.807) is 48.5 Å². The Morgan fingerprint density at radius 2 is 1.96 bits per heavy atom. The van der Waals surface area contributed by atoms with Crippen LogP contribution in [0.4, 0.5) is 5.69 Å². The molecule has 6 nitrogen and oxygen atoms in total. The lowest BCUT2D eigenvalue weighted by Crippen LogP contribution is -2.43. The zero-order chi connectivity index (χ0) is 19.4. The monoisotopic (exact) mass is 447 g/mol. The molecule has 27 heavy (non-hydrogen) atoms. The summed E-state index contributed by atoms with van der Waals surface area (Å²) in [7, 11) is -3.64. The SMILES string of the molecule is N#Cc1cccc(NC(=O)C2CCCN(S(=O)(=O)c3ccc(Br)cc3)C2)c1. The van der Waals surface area contributed by atoms with Crippen molar-refractivity contribution in [2.75, 3.05) is 18.4 Å². The second-order valence-corrected chi connectivity index (χ2v) is 9.19. The second kappa shape index (κ2) is 8.21. The summed E-state index contributed by atoms with van der Waals surface area (Å²) in [6.45, 7) is 0.536. The van der Waals surface area contributed by atoms with Crippen LogP contribution in [0.3, 0.4) is 0 Å². The number of rotatable bonds is 4. The summed E-state index contributed by atoms with van der Waals surface area (Å²) in [5.41, 5.74) is 0.989. The molecule has 1 atom stereocenters. The van der Waals surface area contributed by atoms with E-state index in [1.807, 2.05) is 6.07 Å². The van der Waals surface area contributed by atoms with Gasteiger partial charge in [-0.3, -0.25) is 4.79 Å². The Bertz CT molecular complexity index is 984. The molecule has 0 saturated carbocycles. The lowest BCUT2D eigenvalue weighted by atomic mass is 9.98. The number of nitrogens with one attached hydrogen (secondary N) is 1. The number of nitrogens with zero attached hydrogens (tertiary/aromatic N) is 2. The van der Waals surface area contributed by atoms with Gasteiger partial charge in [-0.15, -0.1) is 0 Å². The van der Waals surface area contributed by atoms with Crippen molar-refractivity contribution in [2.45, 2.75) is 17.7 Å². The number of carbonyl (C=O) groups excluding carboxylic acids is 1. The number of nitriles is 1. The predicted molar refractivity (Wildman–Crippen MR) is 105 cm³/mol. The minimum Gasteiger partial charge on any atom is -0.326 e. The number of piperidine rings is 1. The van der Waals surface area contributed by atoms with Crippen LogP contribution in [0.25, 0.3) is 0 Å². The third kappa shape index (κ3) is 4.56. The van der Waals surface area contributed by atoms with Gasteiger partial charge in [-0.2, -0.15) is 9.57 Å². The fraction of sp³-hybridized carbons (Fsp3) is 0.263. The molecule has 0 aromatic heterocycles. The summed E-state index contributed by atoms with van der Waals surface area (Å²) in [5.74, 6) is -0.671. The zero-order valence-corrected chi connectivity index (χ0v) is 16.8. The Morgan fingerprint density at radius 3 is 2.67 bits per heavy atom. The summed E-state index contributed by atoms with van der Waals surface area (Å²) in [6.07, 6.45) is 1.24. The van der Waals surface area contributed by atoms with Crippen LogP contribution in [0.5, 0.6) is 0 Å². The standard InChI is InChI=1S/C19H18BrN3O3S/c20-16-6-8-18(9-7-16)27(25,26)23-10-2-4-15(13-23)19(24)22-17-5-1-3-14(11-17)12-21/h1,3,5-9,11,15H,2,4,10,13H2,(H,22,24). The van der Waals surface area contributed by atoms with E-state index in [-0.39, 0.29) is 17.3 Å². The second-order valence-electron chi connectivity index (χ2n) is 6.34. The molecular formula is C19H18BrN3O3S. The summed E-state index contributed by atoms with van der Waals surface area (Å²) >= 11 is 3.30. The molecule has 1 aliphatic heterocycles. The summed E-state index contributed by atoms with van der Waals surface area (Å²) < 4.78 is 27.9. The summed E-state index contributed by atoms with van der Waals surface area (Å²) in [4.78, 5) is 12.8. The molecule has 0 bridgehead atoms. The molecular weight excluding hydrogens is 430 g/mol. The minimum absolute atomic E-state index is 0.141. The van der Waals surface area contributed by atoms with Crippen molar-refractivity contribution in [3.63, 3.8) is 0 Å². The maximum Gasteiger partial charge on any atom is 0.243 e. The van der Waals surface area contributed by atoms with E-state index in [0.29, 0.717) is 30.6 Å². The van der Waals surface area contributed by atoms with Gasteiger partial charge in [-0.05, 0) is 55.3 Å². The van der Waals surface area contributed by atoms with E-state index < -0.39 is 15.9 Å². The normalized spacial score (nSPS) is 17.9. The number of hydrogen-bond donors (Lipinski definition) is 1. The van der Waals surface area contributed by atoms with Gasteiger partial charge >= 0.3 is 0 Å². The van der Waals surface area contributed by atoms with Crippen molar-refractivity contribution in [3.05, 3.63) is 58.6 Å². The number of amides is 1. The molecule has 0 aliphatic carbocycles. The quantitative estimate of drug-likeness (QED) is 0.777. The molecule has 1 heterocycles. The number of benzene rings is 2. The first-order chi connectivity index (χ1) is 12.9. The van der Waals surface area contributed by atoms with Crippen molar-refractivity contribution in [3.8, 4) is 6.07 Å². The van der Waals surface area contributed by atoms with Crippen LogP contribution >= 0.6 is 15.9 Å². The third-order valence-corrected chi connectivity index (χ3v) is 6.87. The fourth-order valence-corrected chi connectivity index (χ4v) is 4.83. The van der Waals surface area contributed by atoms with Crippen LogP contribution in [0.2, 0.25) is 0 Å². The van der Waals surface area contributed by atoms with Crippen LogP contribution in [0, 0.1) is 17.2 Å². The van der Waals surface area contributed by atoms with Crippen LogP contribution in [-0.4, -0.2) is 31.7 Å². The van der Waals surface area contributed by atoms with E-state index in [2.05, 4.69) is 21.2 Å². The summed E-state index contributed by atoms with van der Waals surface area (Å²) in [5, 5.41) is 11.7. The van der Waals surface area contributed by atoms with E-state index in [0.717, 1.165) is 4.47 Å². The Morgan fingerprint density at radius 1 is 1.22 bits per heavy atom. The van der Waals surface area contributed by atoms with Gasteiger partial charge in [0.25, 0.3) is 0 Å². The maximum atomic E-state index is 12.9. The maximum absolute atomic E-state index is 12.9. The van der Waals surface area contributed by atoms with Crippen molar-refractivity contribution in [2.24, 2.45) is 5.92 Å². The highest BCUT2D eigenvalue weighted by Gasteiger charge is 2.33. The van der Waals surface area contributed by atoms with Gasteiger partial charge in [0.15, 0.2) is 0 Å². The Hall–Kier alpha value is -2.21. The van der Waals surface area contributed by atoms with Gasteiger partial charge in [-0.25, -0.2) is 8.42 Å². The van der Waals surface area contributed by atoms with Gasteiger partial charge in [0.05, 0.1) is 22.4 Å². The highest BCUT2D eigenvalue weighted by molar-refractivity contribution is 9.10. The van der Waals surface area contributed by atoms with E-state index in [4.69, 9.17) is 5.26 Å². The molecule has 1 aliphatic rings. The third-order valence-electron chi connectivity index (χ3n) is 4.47. The average Bonchev–Trinajstić information content (AvgIpc) is 2.68. The fourth-order valence-electron chi connectivity index (χ4n) is 3.04. The van der Waals surface area contributed by atoms with Crippen molar-refractivity contribution < 1.29 is 13.2 Å². The van der Waals surface area contributed by atoms with Gasteiger partial charge < -0.3 is 5.32 Å². The molecule has 140 valence electrons.